The summed E-state index contributed by atoms with van der Waals surface area (Å²) in [4.78, 5) is 0. The van der Waals surface area contributed by atoms with Gasteiger partial charge in [0.05, 0.1) is 6.61 Å². The van der Waals surface area contributed by atoms with Gasteiger partial charge in [-0.2, -0.15) is 0 Å². The van der Waals surface area contributed by atoms with Gasteiger partial charge in [-0.05, 0) is 26.0 Å². The molecular formula is C10H17N3OS3. The number of thioether (sulfide) groups is 2. The Balaban J connectivity index is 1.85. The van der Waals surface area contributed by atoms with Crippen LogP contribution in [-0.4, -0.2) is 45.5 Å². The maximum absolute atomic E-state index is 9.48. The van der Waals surface area contributed by atoms with Crippen LogP contribution in [0.25, 0.3) is 0 Å². The number of nitrogens with one attached hydrogen (secondary N) is 1. The lowest BCUT2D eigenvalue weighted by atomic mass is 10.1. The maximum atomic E-state index is 9.48. The number of hydrogen-bond donors (Lipinski definition) is 2. The number of aliphatic hydroxyl groups excluding tert-OH is 1. The van der Waals surface area contributed by atoms with E-state index in [2.05, 4.69) is 22.4 Å². The molecule has 0 radical (unpaired) electrons. The molecule has 1 aliphatic carbocycles. The fourth-order valence-electron chi connectivity index (χ4n) is 1.41. The van der Waals surface area contributed by atoms with Gasteiger partial charge < -0.3 is 10.4 Å². The molecule has 0 saturated heterocycles. The zero-order valence-corrected chi connectivity index (χ0v) is 12.4. The smallest absolute Gasteiger partial charge is 0.175 e. The normalized spacial score (nSPS) is 19.2. The summed E-state index contributed by atoms with van der Waals surface area (Å²) in [6, 6.07) is 0.601. The number of aliphatic hydroxyl groups is 1. The Morgan fingerprint density at radius 2 is 2.18 bits per heavy atom. The van der Waals surface area contributed by atoms with E-state index in [1.165, 1.54) is 12.8 Å². The molecule has 1 aromatic rings. The lowest BCUT2D eigenvalue weighted by Crippen LogP contribution is -2.49. The van der Waals surface area contributed by atoms with Crippen LogP contribution in [0.4, 0.5) is 0 Å². The minimum absolute atomic E-state index is 0.157. The molecule has 96 valence electrons. The average Bonchev–Trinajstić information content (AvgIpc) is 3.02. The highest BCUT2D eigenvalue weighted by Gasteiger charge is 2.32. The molecular weight excluding hydrogens is 274 g/mol. The molecule has 1 heterocycles. The Labute approximate surface area is 114 Å². The van der Waals surface area contributed by atoms with Gasteiger partial charge in [0, 0.05) is 17.3 Å². The third-order valence-corrected chi connectivity index (χ3v) is 5.96. The van der Waals surface area contributed by atoms with E-state index in [0.717, 1.165) is 14.4 Å². The van der Waals surface area contributed by atoms with Crippen LogP contribution in [0.1, 0.15) is 19.8 Å². The molecule has 2 rings (SSSR count). The summed E-state index contributed by atoms with van der Waals surface area (Å²) in [7, 11) is 0. The molecule has 2 N–H and O–H groups in total. The molecule has 1 aromatic heterocycles. The first-order chi connectivity index (χ1) is 8.15. The third kappa shape index (κ3) is 4.10. The first-order valence-electron chi connectivity index (χ1n) is 5.54. The van der Waals surface area contributed by atoms with Crippen LogP contribution < -0.4 is 5.32 Å². The van der Waals surface area contributed by atoms with Gasteiger partial charge >= 0.3 is 0 Å². The second-order valence-electron chi connectivity index (χ2n) is 4.46. The summed E-state index contributed by atoms with van der Waals surface area (Å²) < 4.78 is 1.97. The molecule has 0 bridgehead atoms. The van der Waals surface area contributed by atoms with Crippen LogP contribution in [0.5, 0.6) is 0 Å². The van der Waals surface area contributed by atoms with Gasteiger partial charge in [-0.1, -0.05) is 34.9 Å². The van der Waals surface area contributed by atoms with E-state index in [4.69, 9.17) is 0 Å². The van der Waals surface area contributed by atoms with Crippen LogP contribution in [0.3, 0.4) is 0 Å². The monoisotopic (exact) mass is 291 g/mol. The fourth-order valence-corrected chi connectivity index (χ4v) is 3.94. The van der Waals surface area contributed by atoms with Crippen molar-refractivity contribution in [1.82, 2.24) is 15.5 Å². The van der Waals surface area contributed by atoms with Crippen molar-refractivity contribution in [3.8, 4) is 0 Å². The van der Waals surface area contributed by atoms with E-state index in [0.29, 0.717) is 6.04 Å². The molecule has 1 saturated carbocycles. The van der Waals surface area contributed by atoms with Crippen molar-refractivity contribution in [3.63, 3.8) is 0 Å². The van der Waals surface area contributed by atoms with E-state index < -0.39 is 0 Å². The largest absolute Gasteiger partial charge is 0.394 e. The van der Waals surface area contributed by atoms with Crippen LogP contribution in [0.15, 0.2) is 8.68 Å². The molecule has 1 fully saturated rings. The number of nitrogens with zero attached hydrogens (tertiary/aromatic N) is 2. The van der Waals surface area contributed by atoms with Crippen LogP contribution in [0, 0.1) is 0 Å². The second-order valence-corrected chi connectivity index (χ2v) is 7.72. The molecule has 1 unspecified atom stereocenters. The minimum atomic E-state index is -0.211. The van der Waals surface area contributed by atoms with Gasteiger partial charge in [0.15, 0.2) is 8.68 Å². The van der Waals surface area contributed by atoms with Gasteiger partial charge in [-0.15, -0.1) is 10.2 Å². The molecule has 7 heteroatoms. The van der Waals surface area contributed by atoms with Gasteiger partial charge in [0.1, 0.15) is 0 Å². The Morgan fingerprint density at radius 1 is 1.47 bits per heavy atom. The van der Waals surface area contributed by atoms with Crippen LogP contribution in [-0.2, 0) is 0 Å². The SMILES string of the molecule is CSc1nnc(SCC(C)(CO)NC2CC2)s1. The molecule has 1 atom stereocenters. The highest BCUT2D eigenvalue weighted by atomic mass is 32.2. The quantitative estimate of drug-likeness (QED) is 0.748. The Bertz CT molecular complexity index is 369. The summed E-state index contributed by atoms with van der Waals surface area (Å²) in [6.45, 7) is 2.22. The average molecular weight is 291 g/mol. The molecule has 17 heavy (non-hydrogen) atoms. The highest BCUT2D eigenvalue weighted by molar-refractivity contribution is 8.03. The predicted molar refractivity (Wildman–Crippen MR) is 74.1 cm³/mol. The van der Waals surface area contributed by atoms with Gasteiger partial charge in [0.25, 0.3) is 0 Å². The topological polar surface area (TPSA) is 58.0 Å². The number of aromatic nitrogens is 2. The standard InChI is InChI=1S/C10H17N3OS3/c1-10(5-14,11-7-3-4-7)6-16-9-13-12-8(15-2)17-9/h7,11,14H,3-6H2,1-2H3. The number of rotatable bonds is 7. The Hall–Kier alpha value is 0.180. The Morgan fingerprint density at radius 3 is 2.71 bits per heavy atom. The third-order valence-electron chi connectivity index (χ3n) is 2.56. The minimum Gasteiger partial charge on any atom is -0.394 e. The van der Waals surface area contributed by atoms with Crippen LogP contribution >= 0.6 is 34.9 Å². The molecule has 4 nitrogen and oxygen atoms in total. The van der Waals surface area contributed by atoms with Gasteiger partial charge in [-0.25, -0.2) is 0 Å². The van der Waals surface area contributed by atoms with E-state index in [1.807, 2.05) is 6.26 Å². The second kappa shape index (κ2) is 5.88. The van der Waals surface area contributed by atoms with E-state index >= 15 is 0 Å². The van der Waals surface area contributed by atoms with Crippen molar-refractivity contribution in [2.24, 2.45) is 0 Å². The lowest BCUT2D eigenvalue weighted by molar-refractivity contribution is 0.190. The highest BCUT2D eigenvalue weighted by Crippen LogP contribution is 2.30. The zero-order valence-electron chi connectivity index (χ0n) is 9.97. The summed E-state index contributed by atoms with van der Waals surface area (Å²) in [6.07, 6.45) is 4.47. The molecule has 0 spiro atoms. The summed E-state index contributed by atoms with van der Waals surface area (Å²) in [5.41, 5.74) is -0.211. The first kappa shape index (κ1) is 13.6. The molecule has 1 aliphatic rings. The predicted octanol–water partition coefficient (Wildman–Crippen LogP) is 1.86. The summed E-state index contributed by atoms with van der Waals surface area (Å²) in [5.74, 6) is 0.822. The summed E-state index contributed by atoms with van der Waals surface area (Å²) >= 11 is 4.90. The van der Waals surface area contributed by atoms with Gasteiger partial charge in [0.2, 0.25) is 0 Å². The summed E-state index contributed by atoms with van der Waals surface area (Å²) in [5, 5.41) is 21.1. The Kier molecular flexibility index (Phi) is 4.71. The van der Waals surface area contributed by atoms with Crippen molar-refractivity contribution >= 4 is 34.9 Å². The van der Waals surface area contributed by atoms with Crippen molar-refractivity contribution in [3.05, 3.63) is 0 Å². The fraction of sp³-hybridized carbons (Fsp3) is 0.800. The zero-order chi connectivity index (χ0) is 12.3. The van der Waals surface area contributed by atoms with Crippen molar-refractivity contribution in [2.45, 2.75) is 40.0 Å². The van der Waals surface area contributed by atoms with Gasteiger partial charge in [-0.3, -0.25) is 0 Å². The molecule has 0 amide bonds. The van der Waals surface area contributed by atoms with E-state index in [9.17, 15) is 5.11 Å². The molecule has 0 aliphatic heterocycles. The van der Waals surface area contributed by atoms with Crippen LogP contribution in [0.2, 0.25) is 0 Å². The van der Waals surface area contributed by atoms with Crippen molar-refractivity contribution < 1.29 is 5.11 Å². The molecule has 0 aromatic carbocycles. The van der Waals surface area contributed by atoms with E-state index in [1.54, 1.807) is 34.9 Å². The van der Waals surface area contributed by atoms with Crippen molar-refractivity contribution in [2.75, 3.05) is 18.6 Å². The van der Waals surface area contributed by atoms with Crippen molar-refractivity contribution in [1.29, 1.82) is 0 Å². The van der Waals surface area contributed by atoms with E-state index in [-0.39, 0.29) is 12.1 Å². The first-order valence-corrected chi connectivity index (χ1v) is 8.57. The number of hydrogen-bond acceptors (Lipinski definition) is 7. The maximum Gasteiger partial charge on any atom is 0.175 e. The lowest BCUT2D eigenvalue weighted by Gasteiger charge is -2.28.